The molecule has 6 heterocycles. The summed E-state index contributed by atoms with van der Waals surface area (Å²) in [5, 5.41) is 1.99. The van der Waals surface area contributed by atoms with Crippen LogP contribution in [0.5, 0.6) is 0 Å². The van der Waals surface area contributed by atoms with Crippen LogP contribution < -0.4 is 0 Å². The lowest BCUT2D eigenvalue weighted by Gasteiger charge is -2.09. The molecule has 0 saturated carbocycles. The van der Waals surface area contributed by atoms with E-state index in [1.54, 1.807) is 0 Å². The second kappa shape index (κ2) is 11.4. The van der Waals surface area contributed by atoms with E-state index in [0.29, 0.717) is 5.71 Å². The van der Waals surface area contributed by atoms with Gasteiger partial charge in [-0.25, -0.2) is 15.0 Å². The van der Waals surface area contributed by atoms with Crippen LogP contribution in [0.2, 0.25) is 0 Å². The molecule has 6 aromatic carbocycles. The number of hydrogen-bond acceptors (Lipinski definition) is 4. The zero-order chi connectivity index (χ0) is 37.1. The highest BCUT2D eigenvalue weighted by atomic mass is 16.3. The topological polar surface area (TPSA) is 70.5 Å². The second-order valence-electron chi connectivity index (χ2n) is 14.3. The normalized spacial score (nSPS) is 12.1. The van der Waals surface area contributed by atoms with E-state index in [-0.39, 0.29) is 0 Å². The summed E-state index contributed by atoms with van der Waals surface area (Å²) in [6, 6.07) is 51.0. The molecule has 0 fully saturated rings. The fraction of sp³-hybridized carbons (Fsp3) is 0.0208. The molecule has 0 aliphatic carbocycles. The van der Waals surface area contributed by atoms with Gasteiger partial charge in [-0.1, -0.05) is 73.3 Å². The highest BCUT2D eigenvalue weighted by Crippen LogP contribution is 2.37. The van der Waals surface area contributed by atoms with Crippen LogP contribution in [0.15, 0.2) is 163 Å². The van der Waals surface area contributed by atoms with Gasteiger partial charge in [0.1, 0.15) is 5.58 Å². The van der Waals surface area contributed by atoms with Gasteiger partial charge >= 0.3 is 0 Å². The summed E-state index contributed by atoms with van der Waals surface area (Å²) in [6.07, 6.45) is 3.78. The molecule has 0 unspecified atom stereocenters. The third kappa shape index (κ3) is 4.26. The number of rotatable bonds is 5. The number of aromatic nitrogens is 7. The minimum atomic E-state index is 0.612. The van der Waals surface area contributed by atoms with E-state index in [1.165, 1.54) is 0 Å². The van der Waals surface area contributed by atoms with Crippen molar-refractivity contribution in [2.45, 2.75) is 6.92 Å². The van der Waals surface area contributed by atoms with E-state index >= 15 is 0 Å². The first-order valence-corrected chi connectivity index (χ1v) is 18.6. The van der Waals surface area contributed by atoms with Gasteiger partial charge < -0.3 is 4.42 Å². The average molecular weight is 722 g/mol. The Hall–Kier alpha value is -7.71. The maximum absolute atomic E-state index is 6.30. The lowest BCUT2D eigenvalue weighted by molar-refractivity contribution is 0.654. The Kier molecular flexibility index (Phi) is 6.25. The third-order valence-electron chi connectivity index (χ3n) is 11.1. The van der Waals surface area contributed by atoms with Crippen molar-refractivity contribution < 1.29 is 4.42 Å². The second-order valence-corrected chi connectivity index (χ2v) is 14.3. The van der Waals surface area contributed by atoms with Crippen molar-refractivity contribution in [3.63, 3.8) is 0 Å². The van der Waals surface area contributed by atoms with Crippen molar-refractivity contribution >= 4 is 72.8 Å². The zero-order valence-corrected chi connectivity index (χ0v) is 30.3. The van der Waals surface area contributed by atoms with E-state index in [9.17, 15) is 0 Å². The highest BCUT2D eigenvalue weighted by Gasteiger charge is 2.20. The molecule has 0 aliphatic rings. The van der Waals surface area contributed by atoms with Crippen molar-refractivity contribution in [2.75, 3.05) is 0 Å². The number of imidazole rings is 4. The minimum Gasteiger partial charge on any atom is -0.438 e. The van der Waals surface area contributed by atoms with Gasteiger partial charge in [0, 0.05) is 33.9 Å². The van der Waals surface area contributed by atoms with Crippen LogP contribution >= 0.6 is 0 Å². The molecule has 8 nitrogen and oxygen atoms in total. The standard InChI is InChI=1S/C48H31N7O/c1-3-39-29(2)50-47-52(41-18-6-8-20-43(41)54(39)47)35-15-11-13-31(25-35)33-27-37-36-26-32(22-23-45(36)56-46(37)49-28-33)30-12-10-14-34(24-30)53-42-19-7-9-21-44(42)55-40-17-5-4-16-38(40)51-48(53)55/h3-28H,1H2,2H3. The maximum Gasteiger partial charge on any atom is 0.227 e. The molecule has 0 aliphatic heterocycles. The first kappa shape index (κ1) is 30.7. The molecule has 12 rings (SSSR count). The Morgan fingerprint density at radius 3 is 1.84 bits per heavy atom. The fourth-order valence-electron chi connectivity index (χ4n) is 8.61. The molecule has 0 bridgehead atoms. The summed E-state index contributed by atoms with van der Waals surface area (Å²) >= 11 is 0. The number of furan rings is 1. The van der Waals surface area contributed by atoms with Crippen LogP contribution in [-0.2, 0) is 0 Å². The Morgan fingerprint density at radius 2 is 1.12 bits per heavy atom. The van der Waals surface area contributed by atoms with Gasteiger partial charge in [0.25, 0.3) is 0 Å². The first-order valence-electron chi connectivity index (χ1n) is 18.6. The largest absolute Gasteiger partial charge is 0.438 e. The molecule has 8 heteroatoms. The smallest absolute Gasteiger partial charge is 0.227 e. The van der Waals surface area contributed by atoms with Gasteiger partial charge in [-0.05, 0) is 109 Å². The van der Waals surface area contributed by atoms with Crippen molar-refractivity contribution in [1.82, 2.24) is 32.9 Å². The Labute approximate surface area is 319 Å². The molecule has 0 spiro atoms. The summed E-state index contributed by atoms with van der Waals surface area (Å²) in [7, 11) is 0. The van der Waals surface area contributed by atoms with Gasteiger partial charge in [-0.2, -0.15) is 0 Å². The number of para-hydroxylation sites is 6. The number of nitrogens with zero attached hydrogens (tertiary/aromatic N) is 7. The van der Waals surface area contributed by atoms with E-state index < -0.39 is 0 Å². The molecular formula is C48H31N7O. The van der Waals surface area contributed by atoms with Crippen molar-refractivity contribution in [3.05, 3.63) is 170 Å². The van der Waals surface area contributed by atoms with Gasteiger partial charge in [-0.15, -0.1) is 0 Å². The minimum absolute atomic E-state index is 0.612. The average Bonchev–Trinajstić information content (AvgIpc) is 4.03. The van der Waals surface area contributed by atoms with E-state index in [0.717, 1.165) is 106 Å². The summed E-state index contributed by atoms with van der Waals surface area (Å²) in [4.78, 5) is 14.9. The predicted molar refractivity (Wildman–Crippen MR) is 226 cm³/mol. The zero-order valence-electron chi connectivity index (χ0n) is 30.3. The summed E-state index contributed by atoms with van der Waals surface area (Å²) < 4.78 is 15.2. The van der Waals surface area contributed by atoms with Gasteiger partial charge in [-0.3, -0.25) is 17.9 Å². The van der Waals surface area contributed by atoms with Crippen LogP contribution in [-0.4, -0.2) is 32.9 Å². The van der Waals surface area contributed by atoms with E-state index in [2.05, 4.69) is 164 Å². The molecule has 0 saturated heterocycles. The SMILES string of the molecule is C=Cc1c(C)nc2n(-c3cccc(-c4cnc5oc6ccc(-c7cccc(-n8c9ccccc9n9c%10ccccc%10nc89)c7)cc6c5c4)c3)c3ccccc3n12. The number of fused-ring (bicyclic) bond motifs is 11. The molecule has 0 amide bonds. The molecule has 12 aromatic rings. The molecule has 264 valence electrons. The van der Waals surface area contributed by atoms with Crippen LogP contribution in [0.3, 0.4) is 0 Å². The molecule has 0 radical (unpaired) electrons. The van der Waals surface area contributed by atoms with Gasteiger partial charge in [0.15, 0.2) is 0 Å². The molecular weight excluding hydrogens is 691 g/mol. The molecule has 0 atom stereocenters. The van der Waals surface area contributed by atoms with Gasteiger partial charge in [0.2, 0.25) is 17.3 Å². The van der Waals surface area contributed by atoms with Crippen LogP contribution in [0, 0.1) is 6.92 Å². The predicted octanol–water partition coefficient (Wildman–Crippen LogP) is 11.6. The van der Waals surface area contributed by atoms with E-state index in [1.807, 2.05) is 25.3 Å². The van der Waals surface area contributed by atoms with Crippen LogP contribution in [0.25, 0.3) is 106 Å². The number of hydrogen-bond donors (Lipinski definition) is 0. The lowest BCUT2D eigenvalue weighted by Crippen LogP contribution is -1.96. The molecule has 6 aromatic heterocycles. The maximum atomic E-state index is 6.30. The third-order valence-corrected chi connectivity index (χ3v) is 11.1. The quantitative estimate of drug-likeness (QED) is 0.177. The molecule has 0 N–H and O–H groups in total. The summed E-state index contributed by atoms with van der Waals surface area (Å²) in [6.45, 7) is 6.10. The Balaban J connectivity index is 0.973. The van der Waals surface area contributed by atoms with Crippen molar-refractivity contribution in [3.8, 4) is 33.6 Å². The molecule has 56 heavy (non-hydrogen) atoms. The summed E-state index contributed by atoms with van der Waals surface area (Å²) in [5.74, 6) is 1.74. The Bertz CT molecular complexity index is 3590. The van der Waals surface area contributed by atoms with Crippen molar-refractivity contribution in [1.29, 1.82) is 0 Å². The number of aryl methyl sites for hydroxylation is 1. The lowest BCUT2D eigenvalue weighted by atomic mass is 10.0. The van der Waals surface area contributed by atoms with E-state index in [4.69, 9.17) is 19.4 Å². The van der Waals surface area contributed by atoms with Crippen molar-refractivity contribution in [2.24, 2.45) is 0 Å². The highest BCUT2D eigenvalue weighted by molar-refractivity contribution is 6.06. The Morgan fingerprint density at radius 1 is 0.536 bits per heavy atom. The van der Waals surface area contributed by atoms with Crippen LogP contribution in [0.1, 0.15) is 11.4 Å². The van der Waals surface area contributed by atoms with Crippen LogP contribution in [0.4, 0.5) is 0 Å². The monoisotopic (exact) mass is 721 g/mol. The number of pyridine rings is 1. The fourth-order valence-corrected chi connectivity index (χ4v) is 8.61. The first-order chi connectivity index (χ1) is 27.6. The van der Waals surface area contributed by atoms with Gasteiger partial charge in [0.05, 0.1) is 44.5 Å². The summed E-state index contributed by atoms with van der Waals surface area (Å²) in [5.41, 5.74) is 16.1. The number of benzene rings is 6.